The zero-order valence-corrected chi connectivity index (χ0v) is 12.6. The van der Waals surface area contributed by atoms with Gasteiger partial charge in [0.1, 0.15) is 0 Å². The van der Waals surface area contributed by atoms with Crippen molar-refractivity contribution >= 4 is 10.8 Å². The molecule has 4 aromatic rings. The minimum Gasteiger partial charge on any atom is -0.294 e. The predicted octanol–water partition coefficient (Wildman–Crippen LogP) is 3.84. The maximum atomic E-state index is 12.6. The van der Waals surface area contributed by atoms with Crippen molar-refractivity contribution < 1.29 is 0 Å². The molecule has 0 N–H and O–H groups in total. The lowest BCUT2D eigenvalue weighted by Gasteiger charge is -2.07. The first-order valence-electron chi connectivity index (χ1n) is 7.63. The van der Waals surface area contributed by atoms with Crippen LogP contribution in [0.15, 0.2) is 90.0 Å². The summed E-state index contributed by atoms with van der Waals surface area (Å²) in [6.45, 7) is 0.569. The van der Waals surface area contributed by atoms with Gasteiger partial charge in [-0.3, -0.25) is 9.13 Å². The van der Waals surface area contributed by atoms with Crippen LogP contribution in [0.1, 0.15) is 5.56 Å². The second-order valence-corrected chi connectivity index (χ2v) is 5.55. The van der Waals surface area contributed by atoms with Crippen LogP contribution in [-0.4, -0.2) is 9.13 Å². The van der Waals surface area contributed by atoms with Gasteiger partial charge in [-0.2, -0.15) is 0 Å². The summed E-state index contributed by atoms with van der Waals surface area (Å²) >= 11 is 0. The first-order chi connectivity index (χ1) is 11.3. The molecular weight excluding hydrogens is 284 g/mol. The maximum absolute atomic E-state index is 12.6. The summed E-state index contributed by atoms with van der Waals surface area (Å²) in [6.07, 6.45) is 3.67. The van der Waals surface area contributed by atoms with Crippen LogP contribution in [0, 0.1) is 0 Å². The van der Waals surface area contributed by atoms with Crippen molar-refractivity contribution in [1.29, 1.82) is 0 Å². The van der Waals surface area contributed by atoms with E-state index in [4.69, 9.17) is 0 Å². The first kappa shape index (κ1) is 13.6. The molecule has 3 heteroatoms. The molecule has 0 aliphatic heterocycles. The lowest BCUT2D eigenvalue weighted by Crippen LogP contribution is -2.23. The van der Waals surface area contributed by atoms with Gasteiger partial charge >= 0.3 is 5.69 Å². The van der Waals surface area contributed by atoms with Crippen molar-refractivity contribution in [3.05, 3.63) is 101 Å². The largest absolute Gasteiger partial charge is 0.333 e. The third kappa shape index (κ3) is 2.46. The molecule has 0 fully saturated rings. The van der Waals surface area contributed by atoms with Crippen molar-refractivity contribution in [2.45, 2.75) is 6.54 Å². The van der Waals surface area contributed by atoms with Crippen LogP contribution in [-0.2, 0) is 6.54 Å². The fourth-order valence-electron chi connectivity index (χ4n) is 2.93. The highest BCUT2D eigenvalue weighted by Crippen LogP contribution is 2.19. The fraction of sp³-hybridized carbons (Fsp3) is 0.0500. The summed E-state index contributed by atoms with van der Waals surface area (Å²) < 4.78 is 3.42. The Morgan fingerprint density at radius 1 is 0.739 bits per heavy atom. The summed E-state index contributed by atoms with van der Waals surface area (Å²) in [5.74, 6) is 0. The predicted molar refractivity (Wildman–Crippen MR) is 93.1 cm³/mol. The number of nitrogens with zero attached hydrogens (tertiary/aromatic N) is 2. The Morgan fingerprint density at radius 3 is 2.35 bits per heavy atom. The Morgan fingerprint density at radius 2 is 1.48 bits per heavy atom. The Hall–Kier alpha value is -3.07. The second kappa shape index (κ2) is 5.61. The number of aromatic nitrogens is 2. The molecule has 112 valence electrons. The molecule has 0 saturated carbocycles. The van der Waals surface area contributed by atoms with Gasteiger partial charge in [-0.15, -0.1) is 0 Å². The summed E-state index contributed by atoms with van der Waals surface area (Å²) in [6, 6.07) is 24.2. The third-order valence-corrected chi connectivity index (χ3v) is 4.10. The van der Waals surface area contributed by atoms with Crippen molar-refractivity contribution in [3.63, 3.8) is 0 Å². The molecule has 4 rings (SSSR count). The lowest BCUT2D eigenvalue weighted by atomic mass is 10.0. The zero-order valence-electron chi connectivity index (χ0n) is 12.6. The van der Waals surface area contributed by atoms with Gasteiger partial charge in [0.25, 0.3) is 0 Å². The maximum Gasteiger partial charge on any atom is 0.333 e. The number of hydrogen-bond donors (Lipinski definition) is 0. The average Bonchev–Trinajstić information content (AvgIpc) is 2.97. The van der Waals surface area contributed by atoms with E-state index in [9.17, 15) is 4.79 Å². The van der Waals surface area contributed by atoms with E-state index in [0.29, 0.717) is 6.54 Å². The SMILES string of the molecule is O=c1n(Cc2cccc3ccccc23)ccn1-c1ccccc1. The Balaban J connectivity index is 1.75. The van der Waals surface area contributed by atoms with E-state index in [1.807, 2.05) is 60.9 Å². The minimum atomic E-state index is -0.0239. The normalized spacial score (nSPS) is 11.0. The van der Waals surface area contributed by atoms with E-state index in [1.54, 1.807) is 9.13 Å². The van der Waals surface area contributed by atoms with Crippen LogP contribution in [0.5, 0.6) is 0 Å². The Labute approximate surface area is 134 Å². The highest BCUT2D eigenvalue weighted by atomic mass is 16.1. The molecule has 0 aliphatic rings. The molecule has 3 aromatic carbocycles. The molecule has 1 aromatic heterocycles. The summed E-state index contributed by atoms with van der Waals surface area (Å²) in [7, 11) is 0. The molecule has 0 bridgehead atoms. The second-order valence-electron chi connectivity index (χ2n) is 5.55. The molecule has 23 heavy (non-hydrogen) atoms. The number of para-hydroxylation sites is 1. The van der Waals surface area contributed by atoms with E-state index < -0.39 is 0 Å². The van der Waals surface area contributed by atoms with Gasteiger partial charge in [0.05, 0.1) is 12.2 Å². The number of benzene rings is 3. The van der Waals surface area contributed by atoms with Gasteiger partial charge in [-0.05, 0) is 28.5 Å². The molecule has 0 unspecified atom stereocenters. The van der Waals surface area contributed by atoms with Gasteiger partial charge in [0, 0.05) is 12.4 Å². The number of imidazole rings is 1. The van der Waals surface area contributed by atoms with Crippen molar-refractivity contribution in [2.75, 3.05) is 0 Å². The van der Waals surface area contributed by atoms with E-state index in [0.717, 1.165) is 11.3 Å². The molecule has 1 heterocycles. The van der Waals surface area contributed by atoms with Crippen LogP contribution in [0.25, 0.3) is 16.5 Å². The molecule has 0 amide bonds. The highest BCUT2D eigenvalue weighted by molar-refractivity contribution is 5.85. The van der Waals surface area contributed by atoms with E-state index >= 15 is 0 Å². The van der Waals surface area contributed by atoms with Crippen LogP contribution < -0.4 is 5.69 Å². The number of hydrogen-bond acceptors (Lipinski definition) is 1. The van der Waals surface area contributed by atoms with Crippen molar-refractivity contribution in [1.82, 2.24) is 9.13 Å². The van der Waals surface area contributed by atoms with Crippen LogP contribution in [0.3, 0.4) is 0 Å². The van der Waals surface area contributed by atoms with E-state index in [1.165, 1.54) is 10.8 Å². The van der Waals surface area contributed by atoms with Crippen molar-refractivity contribution in [2.24, 2.45) is 0 Å². The van der Waals surface area contributed by atoms with Gasteiger partial charge in [0.2, 0.25) is 0 Å². The molecule has 3 nitrogen and oxygen atoms in total. The van der Waals surface area contributed by atoms with Gasteiger partial charge in [-0.1, -0.05) is 60.7 Å². The third-order valence-electron chi connectivity index (χ3n) is 4.10. The number of rotatable bonds is 3. The summed E-state index contributed by atoms with van der Waals surface area (Å²) in [4.78, 5) is 12.6. The van der Waals surface area contributed by atoms with Crippen molar-refractivity contribution in [3.8, 4) is 5.69 Å². The average molecular weight is 300 g/mol. The van der Waals surface area contributed by atoms with Crippen LogP contribution >= 0.6 is 0 Å². The van der Waals surface area contributed by atoms with E-state index in [2.05, 4.69) is 24.3 Å². The van der Waals surface area contributed by atoms with Crippen LogP contribution in [0.4, 0.5) is 0 Å². The Bertz CT molecular complexity index is 1010. The molecule has 0 aliphatic carbocycles. The fourth-order valence-corrected chi connectivity index (χ4v) is 2.93. The number of fused-ring (bicyclic) bond motifs is 1. The highest BCUT2D eigenvalue weighted by Gasteiger charge is 2.07. The monoisotopic (exact) mass is 300 g/mol. The summed E-state index contributed by atoms with van der Waals surface area (Å²) in [5, 5.41) is 2.38. The minimum absolute atomic E-state index is 0.0239. The smallest absolute Gasteiger partial charge is 0.294 e. The van der Waals surface area contributed by atoms with Gasteiger partial charge in [0.15, 0.2) is 0 Å². The lowest BCUT2D eigenvalue weighted by molar-refractivity contribution is 0.746. The molecule has 0 radical (unpaired) electrons. The quantitative estimate of drug-likeness (QED) is 0.565. The molecular formula is C20H16N2O. The molecule has 0 atom stereocenters. The van der Waals surface area contributed by atoms with Crippen LogP contribution in [0.2, 0.25) is 0 Å². The van der Waals surface area contributed by atoms with Gasteiger partial charge in [-0.25, -0.2) is 4.79 Å². The Kier molecular flexibility index (Phi) is 3.31. The summed E-state index contributed by atoms with van der Waals surface area (Å²) in [5.41, 5.74) is 2.01. The standard InChI is InChI=1S/C20H16N2O/c23-20-21(13-14-22(20)18-10-2-1-3-11-18)15-17-9-6-8-16-7-4-5-12-19(16)17/h1-14H,15H2. The first-order valence-corrected chi connectivity index (χ1v) is 7.63. The topological polar surface area (TPSA) is 26.9 Å². The molecule has 0 spiro atoms. The molecule has 0 saturated heterocycles. The van der Waals surface area contributed by atoms with E-state index in [-0.39, 0.29) is 5.69 Å². The zero-order chi connectivity index (χ0) is 15.6. The van der Waals surface area contributed by atoms with Gasteiger partial charge < -0.3 is 0 Å².